The molecule has 0 aliphatic carbocycles. The predicted molar refractivity (Wildman–Crippen MR) is 86.1 cm³/mol. The van der Waals surface area contributed by atoms with E-state index in [9.17, 15) is 13.2 Å². The molecule has 0 atom stereocenters. The van der Waals surface area contributed by atoms with E-state index >= 15 is 0 Å². The van der Waals surface area contributed by atoms with Crippen molar-refractivity contribution in [3.05, 3.63) is 64.5 Å². The molecule has 0 fully saturated rings. The van der Waals surface area contributed by atoms with Gasteiger partial charge in [-0.15, -0.1) is 0 Å². The zero-order valence-electron chi connectivity index (χ0n) is 11.9. The molecule has 4 nitrogen and oxygen atoms in total. The van der Waals surface area contributed by atoms with Gasteiger partial charge in [0.15, 0.2) is 0 Å². The van der Waals surface area contributed by atoms with E-state index in [0.29, 0.717) is 21.7 Å². The van der Waals surface area contributed by atoms with Crippen LogP contribution in [0, 0.1) is 0 Å². The zero-order valence-corrected chi connectivity index (χ0v) is 13.4. The van der Waals surface area contributed by atoms with Gasteiger partial charge in [0.05, 0.1) is 21.3 Å². The first-order valence-electron chi connectivity index (χ1n) is 6.64. The summed E-state index contributed by atoms with van der Waals surface area (Å²) >= 11 is 12.2. The molecule has 0 saturated heterocycles. The fourth-order valence-electron chi connectivity index (χ4n) is 2.01. The second kappa shape index (κ2) is 6.33. The molecule has 9 heteroatoms. The molecule has 2 aromatic heterocycles. The summed E-state index contributed by atoms with van der Waals surface area (Å²) in [6.45, 7) is 0. The minimum absolute atomic E-state index is 0.270. The van der Waals surface area contributed by atoms with Crippen molar-refractivity contribution in [2.24, 2.45) is 0 Å². The quantitative estimate of drug-likeness (QED) is 0.674. The van der Waals surface area contributed by atoms with Gasteiger partial charge in [-0.2, -0.15) is 13.2 Å². The lowest BCUT2D eigenvalue weighted by Crippen LogP contribution is -2.08. The average molecular weight is 373 g/mol. The van der Waals surface area contributed by atoms with E-state index in [1.807, 2.05) is 0 Å². The van der Waals surface area contributed by atoms with Gasteiger partial charge in [0, 0.05) is 18.6 Å². The van der Waals surface area contributed by atoms with Crippen molar-refractivity contribution in [2.75, 3.05) is 5.32 Å². The van der Waals surface area contributed by atoms with Crippen LogP contribution in [-0.4, -0.2) is 14.5 Å². The van der Waals surface area contributed by atoms with Crippen LogP contribution in [-0.2, 0) is 6.18 Å². The lowest BCUT2D eigenvalue weighted by atomic mass is 10.3. The van der Waals surface area contributed by atoms with Gasteiger partial charge in [0.1, 0.15) is 5.82 Å². The summed E-state index contributed by atoms with van der Waals surface area (Å²) in [6, 6.07) is 7.21. The third-order valence-corrected chi connectivity index (χ3v) is 3.79. The molecule has 0 spiro atoms. The fraction of sp³-hybridized carbons (Fsp3) is 0.0667. The standard InChI is InChI=1S/C15H9Cl2F3N4/c16-10-2-1-3-11(17)13(10)23-14-21-6-7-24(14)12-5-4-9(8-22-12)15(18,19)20/h1-8H,(H,21,23). The molecule has 1 N–H and O–H groups in total. The first-order chi connectivity index (χ1) is 11.4. The molecule has 0 saturated carbocycles. The maximum atomic E-state index is 12.6. The van der Waals surface area contributed by atoms with Gasteiger partial charge in [-0.25, -0.2) is 9.97 Å². The summed E-state index contributed by atoms with van der Waals surface area (Å²) in [5.74, 6) is 0.587. The third kappa shape index (κ3) is 3.32. The summed E-state index contributed by atoms with van der Waals surface area (Å²) < 4.78 is 39.3. The Balaban J connectivity index is 1.94. The largest absolute Gasteiger partial charge is 0.417 e. The first kappa shape index (κ1) is 16.6. The van der Waals surface area contributed by atoms with Crippen LogP contribution in [0.1, 0.15) is 5.56 Å². The lowest BCUT2D eigenvalue weighted by Gasteiger charge is -2.12. The van der Waals surface area contributed by atoms with Crippen molar-refractivity contribution in [3.63, 3.8) is 0 Å². The minimum Gasteiger partial charge on any atom is -0.323 e. The Bertz CT molecular complexity index is 840. The number of hydrogen-bond donors (Lipinski definition) is 1. The molecule has 0 aliphatic heterocycles. The number of rotatable bonds is 3. The SMILES string of the molecule is FC(F)(F)c1ccc(-n2ccnc2Nc2c(Cl)cccc2Cl)nc1. The van der Waals surface area contributed by atoms with E-state index in [2.05, 4.69) is 15.3 Å². The number of benzene rings is 1. The molecule has 0 amide bonds. The van der Waals surface area contributed by atoms with Crippen molar-refractivity contribution in [3.8, 4) is 5.82 Å². The average Bonchev–Trinajstić information content (AvgIpc) is 2.98. The molecule has 1 aromatic carbocycles. The van der Waals surface area contributed by atoms with Gasteiger partial charge in [-0.05, 0) is 24.3 Å². The van der Waals surface area contributed by atoms with Crippen LogP contribution in [0.15, 0.2) is 48.9 Å². The van der Waals surface area contributed by atoms with Gasteiger partial charge < -0.3 is 5.32 Å². The predicted octanol–water partition coefficient (Wildman–Crippen LogP) is 5.34. The van der Waals surface area contributed by atoms with Crippen LogP contribution < -0.4 is 5.32 Å². The Morgan fingerprint density at radius 3 is 2.29 bits per heavy atom. The molecule has 124 valence electrons. The number of para-hydroxylation sites is 1. The number of aromatic nitrogens is 3. The van der Waals surface area contributed by atoms with E-state index in [1.165, 1.54) is 16.8 Å². The van der Waals surface area contributed by atoms with Gasteiger partial charge in [-0.1, -0.05) is 29.3 Å². The molecule has 24 heavy (non-hydrogen) atoms. The van der Waals surface area contributed by atoms with Crippen molar-refractivity contribution >= 4 is 34.8 Å². The van der Waals surface area contributed by atoms with Crippen LogP contribution in [0.4, 0.5) is 24.8 Å². The van der Waals surface area contributed by atoms with Crippen LogP contribution in [0.3, 0.4) is 0 Å². The topological polar surface area (TPSA) is 42.7 Å². The van der Waals surface area contributed by atoms with Crippen LogP contribution >= 0.6 is 23.2 Å². The number of pyridine rings is 1. The summed E-state index contributed by atoms with van der Waals surface area (Å²) in [5, 5.41) is 3.73. The molecule has 0 unspecified atom stereocenters. The van der Waals surface area contributed by atoms with Gasteiger partial charge >= 0.3 is 6.18 Å². The van der Waals surface area contributed by atoms with Gasteiger partial charge in [0.2, 0.25) is 5.95 Å². The third-order valence-electron chi connectivity index (χ3n) is 3.16. The second-order valence-corrected chi connectivity index (χ2v) is 5.56. The minimum atomic E-state index is -4.44. The molecule has 0 bridgehead atoms. The van der Waals surface area contributed by atoms with Crippen LogP contribution in [0.5, 0.6) is 0 Å². The van der Waals surface area contributed by atoms with Crippen molar-refractivity contribution < 1.29 is 13.2 Å². The molecule has 0 radical (unpaired) electrons. The molecule has 0 aliphatic rings. The van der Waals surface area contributed by atoms with E-state index < -0.39 is 11.7 Å². The Hall–Kier alpha value is -2.25. The highest BCUT2D eigenvalue weighted by molar-refractivity contribution is 6.39. The number of nitrogens with zero attached hydrogens (tertiary/aromatic N) is 3. The second-order valence-electron chi connectivity index (χ2n) is 4.75. The molecule has 3 aromatic rings. The highest BCUT2D eigenvalue weighted by Crippen LogP contribution is 2.33. The number of imidazole rings is 1. The Morgan fingerprint density at radius 2 is 1.71 bits per heavy atom. The van der Waals surface area contributed by atoms with Crippen LogP contribution in [0.25, 0.3) is 5.82 Å². The van der Waals surface area contributed by atoms with E-state index in [-0.39, 0.29) is 5.82 Å². The molecule has 3 rings (SSSR count). The Labute approximate surface area is 144 Å². The number of hydrogen-bond acceptors (Lipinski definition) is 3. The molecular weight excluding hydrogens is 364 g/mol. The van der Waals surface area contributed by atoms with Gasteiger partial charge in [-0.3, -0.25) is 4.57 Å². The lowest BCUT2D eigenvalue weighted by molar-refractivity contribution is -0.137. The summed E-state index contributed by atoms with van der Waals surface area (Å²) in [4.78, 5) is 7.95. The van der Waals surface area contributed by atoms with Crippen molar-refractivity contribution in [2.45, 2.75) is 6.18 Å². The normalized spacial score (nSPS) is 11.5. The fourth-order valence-corrected chi connectivity index (χ4v) is 2.50. The summed E-state index contributed by atoms with van der Waals surface area (Å²) in [6.07, 6.45) is -0.636. The first-order valence-corrected chi connectivity index (χ1v) is 7.40. The van der Waals surface area contributed by atoms with Crippen LogP contribution in [0.2, 0.25) is 10.0 Å². The Morgan fingerprint density at radius 1 is 1.00 bits per heavy atom. The monoisotopic (exact) mass is 372 g/mol. The van der Waals surface area contributed by atoms with Crippen molar-refractivity contribution in [1.82, 2.24) is 14.5 Å². The highest BCUT2D eigenvalue weighted by Gasteiger charge is 2.30. The smallest absolute Gasteiger partial charge is 0.323 e. The number of alkyl halides is 3. The maximum Gasteiger partial charge on any atom is 0.417 e. The zero-order chi connectivity index (χ0) is 17.3. The van der Waals surface area contributed by atoms with E-state index in [0.717, 1.165) is 12.3 Å². The van der Waals surface area contributed by atoms with Crippen molar-refractivity contribution in [1.29, 1.82) is 0 Å². The number of nitrogens with one attached hydrogen (secondary N) is 1. The summed E-state index contributed by atoms with van der Waals surface area (Å²) in [7, 11) is 0. The Kier molecular flexibility index (Phi) is 4.38. The number of halogens is 5. The maximum absolute atomic E-state index is 12.6. The molecule has 2 heterocycles. The van der Waals surface area contributed by atoms with E-state index in [1.54, 1.807) is 24.4 Å². The highest BCUT2D eigenvalue weighted by atomic mass is 35.5. The van der Waals surface area contributed by atoms with Gasteiger partial charge in [0.25, 0.3) is 0 Å². The number of anilines is 2. The molecular formula is C15H9Cl2F3N4. The summed E-state index contributed by atoms with van der Waals surface area (Å²) in [5.41, 5.74) is -0.379. The van der Waals surface area contributed by atoms with E-state index in [4.69, 9.17) is 23.2 Å².